The molecule has 1 N–H and O–H groups in total. The molecule has 1 heterocycles. The first-order valence-electron chi connectivity index (χ1n) is 7.01. The fraction of sp³-hybridized carbons (Fsp3) is 0.846. The van der Waals surface area contributed by atoms with Gasteiger partial charge in [0, 0.05) is 19.0 Å². The van der Waals surface area contributed by atoms with E-state index in [1.165, 1.54) is 0 Å². The second-order valence-electron chi connectivity index (χ2n) is 5.55. The summed E-state index contributed by atoms with van der Waals surface area (Å²) in [7, 11) is 0. The first kappa shape index (κ1) is 15.1. The van der Waals surface area contributed by atoms with Crippen molar-refractivity contribution in [1.29, 1.82) is 0 Å². The van der Waals surface area contributed by atoms with E-state index in [2.05, 4.69) is 0 Å². The highest BCUT2D eigenvalue weighted by molar-refractivity contribution is 5.84. The van der Waals surface area contributed by atoms with Crippen LogP contribution in [-0.4, -0.2) is 42.0 Å². The van der Waals surface area contributed by atoms with Crippen LogP contribution >= 0.6 is 0 Å². The molecule has 1 saturated heterocycles. The number of hydrogen-bond donors (Lipinski definition) is 1. The SMILES string of the molecule is O=C(NCC(F)(F)F)[C@@H]1CCC(=O)N(C2CCCC2)C1. The monoisotopic (exact) mass is 292 g/mol. The van der Waals surface area contributed by atoms with Gasteiger partial charge in [-0.25, -0.2) is 0 Å². The highest BCUT2D eigenvalue weighted by atomic mass is 19.4. The van der Waals surface area contributed by atoms with Crippen LogP contribution in [0.4, 0.5) is 13.2 Å². The molecule has 20 heavy (non-hydrogen) atoms. The van der Waals surface area contributed by atoms with Crippen molar-refractivity contribution in [2.24, 2.45) is 5.92 Å². The van der Waals surface area contributed by atoms with Gasteiger partial charge in [0.05, 0.1) is 5.92 Å². The molecular weight excluding hydrogens is 273 g/mol. The number of piperidine rings is 1. The Balaban J connectivity index is 1.89. The Morgan fingerprint density at radius 2 is 1.90 bits per heavy atom. The van der Waals surface area contributed by atoms with E-state index in [9.17, 15) is 22.8 Å². The summed E-state index contributed by atoms with van der Waals surface area (Å²) in [6, 6.07) is 0.167. The molecule has 2 fully saturated rings. The number of likely N-dealkylation sites (tertiary alicyclic amines) is 1. The van der Waals surface area contributed by atoms with E-state index >= 15 is 0 Å². The molecule has 1 aliphatic heterocycles. The molecule has 114 valence electrons. The number of carbonyl (C=O) groups is 2. The van der Waals surface area contributed by atoms with Gasteiger partial charge >= 0.3 is 6.18 Å². The molecule has 0 aromatic rings. The van der Waals surface area contributed by atoms with Gasteiger partial charge < -0.3 is 10.2 Å². The number of hydrogen-bond acceptors (Lipinski definition) is 2. The van der Waals surface area contributed by atoms with Crippen LogP contribution in [0.15, 0.2) is 0 Å². The van der Waals surface area contributed by atoms with E-state index < -0.39 is 24.5 Å². The summed E-state index contributed by atoms with van der Waals surface area (Å²) in [4.78, 5) is 25.3. The van der Waals surface area contributed by atoms with Gasteiger partial charge in [-0.15, -0.1) is 0 Å². The van der Waals surface area contributed by atoms with Crippen LogP contribution in [0.25, 0.3) is 0 Å². The predicted molar refractivity (Wildman–Crippen MR) is 65.8 cm³/mol. The molecule has 0 spiro atoms. The zero-order valence-corrected chi connectivity index (χ0v) is 11.2. The van der Waals surface area contributed by atoms with Crippen LogP contribution < -0.4 is 5.32 Å². The maximum absolute atomic E-state index is 12.1. The van der Waals surface area contributed by atoms with Gasteiger partial charge in [-0.3, -0.25) is 9.59 Å². The number of alkyl halides is 3. The molecule has 4 nitrogen and oxygen atoms in total. The van der Waals surface area contributed by atoms with E-state index in [1.807, 2.05) is 5.32 Å². The molecule has 2 amide bonds. The first-order chi connectivity index (χ1) is 9.37. The average Bonchev–Trinajstić information content (AvgIpc) is 2.89. The lowest BCUT2D eigenvalue weighted by atomic mass is 9.95. The van der Waals surface area contributed by atoms with Gasteiger partial charge in [0.1, 0.15) is 6.54 Å². The van der Waals surface area contributed by atoms with Crippen molar-refractivity contribution in [3.63, 3.8) is 0 Å². The zero-order valence-electron chi connectivity index (χ0n) is 11.2. The fourth-order valence-corrected chi connectivity index (χ4v) is 2.99. The van der Waals surface area contributed by atoms with Crippen LogP contribution in [0.1, 0.15) is 38.5 Å². The molecule has 0 aromatic heterocycles. The number of rotatable bonds is 3. The number of nitrogens with zero attached hydrogens (tertiary/aromatic N) is 1. The lowest BCUT2D eigenvalue weighted by Gasteiger charge is -2.36. The Labute approximate surface area is 115 Å². The number of nitrogens with one attached hydrogen (secondary N) is 1. The Kier molecular flexibility index (Phi) is 4.55. The summed E-state index contributed by atoms with van der Waals surface area (Å²) in [5.74, 6) is -1.09. The minimum absolute atomic E-state index is 0.0248. The average molecular weight is 292 g/mol. The van der Waals surface area contributed by atoms with E-state index in [-0.39, 0.29) is 24.9 Å². The summed E-state index contributed by atoms with van der Waals surface area (Å²) in [5.41, 5.74) is 0. The maximum Gasteiger partial charge on any atom is 0.405 e. The summed E-state index contributed by atoms with van der Waals surface area (Å²) < 4.78 is 36.3. The van der Waals surface area contributed by atoms with E-state index in [0.717, 1.165) is 25.7 Å². The molecule has 7 heteroatoms. The third kappa shape index (κ3) is 3.86. The van der Waals surface area contributed by atoms with Crippen molar-refractivity contribution in [3.05, 3.63) is 0 Å². The Hall–Kier alpha value is -1.27. The Bertz CT molecular complexity index is 378. The van der Waals surface area contributed by atoms with Gasteiger partial charge in [-0.2, -0.15) is 13.2 Å². The predicted octanol–water partition coefficient (Wildman–Crippen LogP) is 1.85. The second-order valence-corrected chi connectivity index (χ2v) is 5.55. The van der Waals surface area contributed by atoms with Crippen LogP contribution in [0.5, 0.6) is 0 Å². The van der Waals surface area contributed by atoms with Crippen LogP contribution in [-0.2, 0) is 9.59 Å². The molecule has 0 radical (unpaired) electrons. The minimum Gasteiger partial charge on any atom is -0.347 e. The number of halogens is 3. The standard InChI is InChI=1S/C13H19F3N2O2/c14-13(15,16)8-17-12(20)9-5-6-11(19)18(7-9)10-3-1-2-4-10/h9-10H,1-8H2,(H,17,20)/t9-/m1/s1. The maximum atomic E-state index is 12.1. The Morgan fingerprint density at radius 1 is 1.25 bits per heavy atom. The topological polar surface area (TPSA) is 49.4 Å². The van der Waals surface area contributed by atoms with Crippen molar-refractivity contribution in [3.8, 4) is 0 Å². The van der Waals surface area contributed by atoms with E-state index in [1.54, 1.807) is 4.90 Å². The van der Waals surface area contributed by atoms with Crippen molar-refractivity contribution in [2.75, 3.05) is 13.1 Å². The minimum atomic E-state index is -4.40. The lowest BCUT2D eigenvalue weighted by molar-refractivity contribution is -0.146. The van der Waals surface area contributed by atoms with Crippen molar-refractivity contribution in [2.45, 2.75) is 50.7 Å². The zero-order chi connectivity index (χ0) is 14.8. The molecular formula is C13H19F3N2O2. The molecule has 1 aliphatic carbocycles. The van der Waals surface area contributed by atoms with Crippen LogP contribution in [0.2, 0.25) is 0 Å². The third-order valence-corrected chi connectivity index (χ3v) is 4.04. The molecule has 1 saturated carbocycles. The number of carbonyl (C=O) groups excluding carboxylic acids is 2. The fourth-order valence-electron chi connectivity index (χ4n) is 2.99. The molecule has 2 aliphatic rings. The van der Waals surface area contributed by atoms with Crippen LogP contribution in [0.3, 0.4) is 0 Å². The highest BCUT2D eigenvalue weighted by Crippen LogP contribution is 2.28. The summed E-state index contributed by atoms with van der Waals surface area (Å²) in [6.45, 7) is -1.05. The Morgan fingerprint density at radius 3 is 2.50 bits per heavy atom. The summed E-state index contributed by atoms with van der Waals surface area (Å²) in [5, 5.41) is 1.92. The second kappa shape index (κ2) is 6.01. The van der Waals surface area contributed by atoms with Gasteiger partial charge in [-0.1, -0.05) is 12.8 Å². The number of amides is 2. The van der Waals surface area contributed by atoms with Gasteiger partial charge in [0.25, 0.3) is 0 Å². The quantitative estimate of drug-likeness (QED) is 0.863. The van der Waals surface area contributed by atoms with E-state index in [0.29, 0.717) is 6.42 Å². The lowest BCUT2D eigenvalue weighted by Crippen LogP contribution is -2.50. The normalized spacial score (nSPS) is 25.1. The van der Waals surface area contributed by atoms with Crippen molar-refractivity contribution < 1.29 is 22.8 Å². The largest absolute Gasteiger partial charge is 0.405 e. The molecule has 0 bridgehead atoms. The summed E-state index contributed by atoms with van der Waals surface area (Å²) >= 11 is 0. The third-order valence-electron chi connectivity index (χ3n) is 4.04. The van der Waals surface area contributed by atoms with Crippen molar-refractivity contribution >= 4 is 11.8 Å². The van der Waals surface area contributed by atoms with E-state index in [4.69, 9.17) is 0 Å². The highest BCUT2D eigenvalue weighted by Gasteiger charge is 2.36. The van der Waals surface area contributed by atoms with Crippen LogP contribution in [0, 0.1) is 5.92 Å². The molecule has 2 rings (SSSR count). The van der Waals surface area contributed by atoms with Crippen molar-refractivity contribution in [1.82, 2.24) is 10.2 Å². The van der Waals surface area contributed by atoms with Gasteiger partial charge in [0.15, 0.2) is 0 Å². The van der Waals surface area contributed by atoms with Gasteiger partial charge in [-0.05, 0) is 19.3 Å². The summed E-state index contributed by atoms with van der Waals surface area (Å²) in [6.07, 6.45) is 0.196. The molecule has 0 unspecified atom stereocenters. The molecule has 1 atom stereocenters. The molecule has 0 aromatic carbocycles. The van der Waals surface area contributed by atoms with Gasteiger partial charge in [0.2, 0.25) is 11.8 Å². The first-order valence-corrected chi connectivity index (χ1v) is 7.01. The smallest absolute Gasteiger partial charge is 0.347 e.